The lowest BCUT2D eigenvalue weighted by atomic mass is 10.1. The molecule has 2 amide bonds. The summed E-state index contributed by atoms with van der Waals surface area (Å²) in [4.78, 5) is 37.1. The number of hydrogen-bond acceptors (Lipinski definition) is 6. The number of amides is 2. The van der Waals surface area contributed by atoms with Crippen LogP contribution in [0, 0.1) is 0 Å². The maximum atomic E-state index is 13.3. The summed E-state index contributed by atoms with van der Waals surface area (Å²) in [5.74, 6) is -0.984. The van der Waals surface area contributed by atoms with E-state index in [2.05, 4.69) is 4.98 Å². The number of benzene rings is 1. The molecule has 3 aromatic rings. The van der Waals surface area contributed by atoms with Gasteiger partial charge in [0.2, 0.25) is 5.91 Å². The van der Waals surface area contributed by atoms with Gasteiger partial charge in [0.05, 0.1) is 17.3 Å². The first-order valence-corrected chi connectivity index (χ1v) is 11.8. The third-order valence-corrected chi connectivity index (χ3v) is 6.70. The average molecular weight is 505 g/mol. The molecule has 1 atom stereocenters. The highest BCUT2D eigenvalue weighted by Gasteiger charge is 2.35. The van der Waals surface area contributed by atoms with Crippen molar-refractivity contribution in [1.29, 1.82) is 0 Å². The molecule has 1 unspecified atom stereocenters. The topological polar surface area (TPSA) is 75.6 Å². The largest absolute Gasteiger partial charge is 0.483 e. The normalized spacial score (nSPS) is 16.6. The smallest absolute Gasteiger partial charge is 0.419 e. The molecule has 35 heavy (non-hydrogen) atoms. The van der Waals surface area contributed by atoms with E-state index in [4.69, 9.17) is 9.72 Å². The molecule has 7 nitrogen and oxygen atoms in total. The van der Waals surface area contributed by atoms with Crippen LogP contribution in [0.4, 0.5) is 13.2 Å². The standard InChI is InChI=1S/C24H23F3N4O3S/c1-16(32)30-11-8-20(23-29-19(15-35-23)17-6-9-28-10-7-17)31(13-12-30)22(33)14-34-21-5-3-2-4-18(21)24(25,26)27/h2-7,9-10,15,20H,8,11-14H2,1H3. The van der Waals surface area contributed by atoms with E-state index in [0.717, 1.165) is 17.3 Å². The van der Waals surface area contributed by atoms with Gasteiger partial charge in [-0.2, -0.15) is 13.2 Å². The number of rotatable bonds is 5. The zero-order valence-electron chi connectivity index (χ0n) is 18.9. The van der Waals surface area contributed by atoms with E-state index in [-0.39, 0.29) is 12.5 Å². The van der Waals surface area contributed by atoms with Crippen molar-refractivity contribution in [2.24, 2.45) is 0 Å². The van der Waals surface area contributed by atoms with Crippen molar-refractivity contribution in [3.8, 4) is 17.0 Å². The molecular weight excluding hydrogens is 481 g/mol. The highest BCUT2D eigenvalue weighted by molar-refractivity contribution is 7.10. The zero-order chi connectivity index (χ0) is 25.0. The molecule has 1 fully saturated rings. The zero-order valence-corrected chi connectivity index (χ0v) is 19.7. The van der Waals surface area contributed by atoms with Crippen molar-refractivity contribution in [3.05, 3.63) is 64.7 Å². The van der Waals surface area contributed by atoms with Gasteiger partial charge in [0.25, 0.3) is 5.91 Å². The van der Waals surface area contributed by atoms with Crippen LogP contribution in [0.2, 0.25) is 0 Å². The molecule has 1 aliphatic heterocycles. The molecule has 3 heterocycles. The van der Waals surface area contributed by atoms with E-state index in [0.29, 0.717) is 24.5 Å². The van der Waals surface area contributed by atoms with E-state index in [9.17, 15) is 22.8 Å². The van der Waals surface area contributed by atoms with Gasteiger partial charge in [0.1, 0.15) is 10.8 Å². The van der Waals surface area contributed by atoms with Gasteiger partial charge in [-0.3, -0.25) is 14.6 Å². The minimum Gasteiger partial charge on any atom is -0.483 e. The van der Waals surface area contributed by atoms with Crippen LogP contribution in [0.1, 0.15) is 30.0 Å². The van der Waals surface area contributed by atoms with Crippen LogP contribution in [-0.2, 0) is 15.8 Å². The first kappa shape index (κ1) is 24.6. The molecule has 0 saturated carbocycles. The summed E-state index contributed by atoms with van der Waals surface area (Å²) >= 11 is 1.39. The van der Waals surface area contributed by atoms with Crippen molar-refractivity contribution in [1.82, 2.24) is 19.8 Å². The van der Waals surface area contributed by atoms with Gasteiger partial charge < -0.3 is 14.5 Å². The molecule has 0 spiro atoms. The summed E-state index contributed by atoms with van der Waals surface area (Å²) in [6.07, 6.45) is -0.821. The Kier molecular flexibility index (Phi) is 7.34. The third-order valence-electron chi connectivity index (χ3n) is 5.75. The second-order valence-corrected chi connectivity index (χ2v) is 8.88. The van der Waals surface area contributed by atoms with Crippen LogP contribution in [-0.4, -0.2) is 57.8 Å². The molecule has 1 saturated heterocycles. The van der Waals surface area contributed by atoms with Gasteiger partial charge in [0, 0.05) is 49.9 Å². The number of halogens is 3. The predicted octanol–water partition coefficient (Wildman–Crippen LogP) is 4.42. The minimum absolute atomic E-state index is 0.106. The Morgan fingerprint density at radius 1 is 1.11 bits per heavy atom. The number of aromatic nitrogens is 2. The van der Waals surface area contributed by atoms with Crippen LogP contribution in [0.5, 0.6) is 5.75 Å². The van der Waals surface area contributed by atoms with Crippen molar-refractivity contribution < 1.29 is 27.5 Å². The fourth-order valence-corrected chi connectivity index (χ4v) is 4.92. The fourth-order valence-electron chi connectivity index (χ4n) is 3.95. The Hall–Kier alpha value is -3.47. The summed E-state index contributed by atoms with van der Waals surface area (Å²) in [7, 11) is 0. The average Bonchev–Trinajstić information content (AvgIpc) is 3.22. The van der Waals surface area contributed by atoms with E-state index >= 15 is 0 Å². The SMILES string of the molecule is CC(=O)N1CCC(c2nc(-c3ccncc3)cs2)N(C(=O)COc2ccccc2C(F)(F)F)CC1. The number of ether oxygens (including phenoxy) is 1. The lowest BCUT2D eigenvalue weighted by Gasteiger charge is -2.28. The number of carbonyl (C=O) groups excluding carboxylic acids is 2. The highest BCUT2D eigenvalue weighted by atomic mass is 32.1. The second-order valence-electron chi connectivity index (χ2n) is 7.99. The molecule has 0 bridgehead atoms. The Morgan fingerprint density at radius 2 is 1.86 bits per heavy atom. The molecule has 1 aromatic carbocycles. The summed E-state index contributed by atoms with van der Waals surface area (Å²) < 4.78 is 45.2. The lowest BCUT2D eigenvalue weighted by molar-refractivity contribution is -0.141. The molecule has 184 valence electrons. The minimum atomic E-state index is -4.60. The molecule has 0 radical (unpaired) electrons. The monoisotopic (exact) mass is 504 g/mol. The number of carbonyl (C=O) groups is 2. The van der Waals surface area contributed by atoms with E-state index in [1.165, 1.54) is 36.5 Å². The van der Waals surface area contributed by atoms with Gasteiger partial charge in [-0.1, -0.05) is 12.1 Å². The summed E-state index contributed by atoms with van der Waals surface area (Å²) in [6.45, 7) is 1.88. The van der Waals surface area contributed by atoms with E-state index in [1.807, 2.05) is 17.5 Å². The van der Waals surface area contributed by atoms with Gasteiger partial charge in [-0.05, 0) is 30.7 Å². The number of nitrogens with zero attached hydrogens (tertiary/aromatic N) is 4. The third kappa shape index (κ3) is 5.79. The van der Waals surface area contributed by atoms with Crippen molar-refractivity contribution in [2.75, 3.05) is 26.2 Å². The molecule has 2 aromatic heterocycles. The highest BCUT2D eigenvalue weighted by Crippen LogP contribution is 2.36. The van der Waals surface area contributed by atoms with Crippen LogP contribution in [0.25, 0.3) is 11.3 Å². The second kappa shape index (κ2) is 10.4. The van der Waals surface area contributed by atoms with Gasteiger partial charge >= 0.3 is 6.18 Å². The first-order chi connectivity index (χ1) is 16.7. The summed E-state index contributed by atoms with van der Waals surface area (Å²) in [6, 6.07) is 8.02. The molecular formula is C24H23F3N4O3S. The summed E-state index contributed by atoms with van der Waals surface area (Å²) in [5.41, 5.74) is 0.680. The van der Waals surface area contributed by atoms with E-state index < -0.39 is 36.0 Å². The number of hydrogen-bond donors (Lipinski definition) is 0. The fraction of sp³-hybridized carbons (Fsp3) is 0.333. The number of alkyl halides is 3. The van der Waals surface area contributed by atoms with Crippen LogP contribution >= 0.6 is 11.3 Å². The number of para-hydroxylation sites is 1. The Bertz CT molecular complexity index is 1190. The van der Waals surface area contributed by atoms with Crippen LogP contribution < -0.4 is 4.74 Å². The quantitative estimate of drug-likeness (QED) is 0.514. The van der Waals surface area contributed by atoms with Crippen molar-refractivity contribution in [2.45, 2.75) is 25.6 Å². The molecule has 1 aliphatic rings. The van der Waals surface area contributed by atoms with Crippen LogP contribution in [0.3, 0.4) is 0 Å². The van der Waals surface area contributed by atoms with Gasteiger partial charge in [-0.15, -0.1) is 11.3 Å². The van der Waals surface area contributed by atoms with Crippen molar-refractivity contribution in [3.63, 3.8) is 0 Å². The Morgan fingerprint density at radius 3 is 2.57 bits per heavy atom. The molecule has 0 N–H and O–H groups in total. The Labute approximate surface area is 204 Å². The van der Waals surface area contributed by atoms with Gasteiger partial charge in [-0.25, -0.2) is 4.98 Å². The van der Waals surface area contributed by atoms with E-state index in [1.54, 1.807) is 22.2 Å². The maximum Gasteiger partial charge on any atom is 0.419 e. The number of thiazole rings is 1. The van der Waals surface area contributed by atoms with Crippen molar-refractivity contribution >= 4 is 23.2 Å². The predicted molar refractivity (Wildman–Crippen MR) is 124 cm³/mol. The Balaban J connectivity index is 1.56. The maximum absolute atomic E-state index is 13.3. The number of pyridine rings is 1. The molecule has 0 aliphatic carbocycles. The molecule has 4 rings (SSSR count). The lowest BCUT2D eigenvalue weighted by Crippen LogP contribution is -2.40. The molecule has 11 heteroatoms. The van der Waals surface area contributed by atoms with Gasteiger partial charge in [0.15, 0.2) is 6.61 Å². The van der Waals surface area contributed by atoms with Crippen LogP contribution in [0.15, 0.2) is 54.2 Å². The summed E-state index contributed by atoms with van der Waals surface area (Å²) in [5, 5.41) is 2.57. The first-order valence-electron chi connectivity index (χ1n) is 10.9.